The Morgan fingerprint density at radius 1 is 1.00 bits per heavy atom. The zero-order valence-electron chi connectivity index (χ0n) is 16.5. The molecule has 0 spiro atoms. The Morgan fingerprint density at radius 3 is 2.42 bits per heavy atom. The standard InChI is InChI=1S/C24H17ClFN3O2/c1-15-22(30)21(16-8-3-2-4-9-16)23(27-24(31)19-12-5-6-13-20(19)26)29(28-15)18-11-7-10-17(25)14-18/h2-14H,1H3,(H,27,31). The van der Waals surface area contributed by atoms with Crippen LogP contribution < -0.4 is 10.7 Å². The highest BCUT2D eigenvalue weighted by molar-refractivity contribution is 6.30. The Balaban J connectivity index is 1.98. The van der Waals surface area contributed by atoms with Gasteiger partial charge in [-0.2, -0.15) is 5.10 Å². The topological polar surface area (TPSA) is 64.0 Å². The average Bonchev–Trinajstić information content (AvgIpc) is 2.77. The first-order valence-corrected chi connectivity index (χ1v) is 9.84. The third-order valence-electron chi connectivity index (χ3n) is 4.72. The lowest BCUT2D eigenvalue weighted by Crippen LogP contribution is -2.25. The van der Waals surface area contributed by atoms with Crippen molar-refractivity contribution >= 4 is 23.3 Å². The highest BCUT2D eigenvalue weighted by atomic mass is 35.5. The van der Waals surface area contributed by atoms with Crippen LogP contribution in [0, 0.1) is 12.7 Å². The first-order valence-electron chi connectivity index (χ1n) is 9.47. The van der Waals surface area contributed by atoms with Crippen LogP contribution >= 0.6 is 11.6 Å². The van der Waals surface area contributed by atoms with E-state index in [-0.39, 0.29) is 28.1 Å². The van der Waals surface area contributed by atoms with Crippen molar-refractivity contribution in [2.24, 2.45) is 0 Å². The lowest BCUT2D eigenvalue weighted by molar-refractivity contribution is 0.102. The van der Waals surface area contributed by atoms with Gasteiger partial charge in [-0.05, 0) is 42.8 Å². The number of carbonyl (C=O) groups is 1. The summed E-state index contributed by atoms with van der Waals surface area (Å²) in [5, 5.41) is 7.54. The van der Waals surface area contributed by atoms with Gasteiger partial charge >= 0.3 is 0 Å². The number of benzene rings is 3. The predicted molar refractivity (Wildman–Crippen MR) is 119 cm³/mol. The maximum atomic E-state index is 14.2. The first-order chi connectivity index (χ1) is 15.0. The summed E-state index contributed by atoms with van der Waals surface area (Å²) in [5.41, 5.74) is 1.13. The van der Waals surface area contributed by atoms with Crippen LogP contribution in [0.15, 0.2) is 83.7 Å². The number of amides is 1. The predicted octanol–water partition coefficient (Wildman–Crippen LogP) is 5.25. The van der Waals surface area contributed by atoms with Crippen molar-refractivity contribution in [2.75, 3.05) is 5.32 Å². The Kier molecular flexibility index (Phi) is 5.64. The van der Waals surface area contributed by atoms with Crippen molar-refractivity contribution in [2.45, 2.75) is 6.92 Å². The highest BCUT2D eigenvalue weighted by Crippen LogP contribution is 2.28. The molecule has 0 atom stereocenters. The monoisotopic (exact) mass is 433 g/mol. The number of aromatic nitrogens is 2. The van der Waals surface area contributed by atoms with Crippen molar-refractivity contribution < 1.29 is 9.18 Å². The highest BCUT2D eigenvalue weighted by Gasteiger charge is 2.22. The van der Waals surface area contributed by atoms with Gasteiger partial charge in [-0.25, -0.2) is 9.07 Å². The summed E-state index contributed by atoms with van der Waals surface area (Å²) in [6.07, 6.45) is 0. The zero-order chi connectivity index (χ0) is 22.0. The number of carbonyl (C=O) groups excluding carboxylic acids is 1. The van der Waals surface area contributed by atoms with Gasteiger partial charge in [-0.1, -0.05) is 60.1 Å². The fourth-order valence-corrected chi connectivity index (χ4v) is 3.43. The maximum Gasteiger partial charge on any atom is 0.259 e. The summed E-state index contributed by atoms with van der Waals surface area (Å²) in [6.45, 7) is 1.60. The minimum Gasteiger partial charge on any atom is -0.306 e. The molecule has 0 aliphatic rings. The second kappa shape index (κ2) is 8.53. The number of anilines is 1. The number of hydrogen-bond acceptors (Lipinski definition) is 3. The molecule has 7 heteroatoms. The van der Waals surface area contributed by atoms with Crippen LogP contribution in [0.1, 0.15) is 16.1 Å². The van der Waals surface area contributed by atoms with E-state index < -0.39 is 11.7 Å². The van der Waals surface area contributed by atoms with Crippen LogP contribution in [-0.4, -0.2) is 15.7 Å². The Bertz CT molecular complexity index is 1340. The molecule has 3 aromatic carbocycles. The van der Waals surface area contributed by atoms with E-state index in [1.54, 1.807) is 61.5 Å². The van der Waals surface area contributed by atoms with Crippen molar-refractivity contribution in [1.29, 1.82) is 0 Å². The van der Waals surface area contributed by atoms with Crippen molar-refractivity contribution in [3.63, 3.8) is 0 Å². The molecule has 0 saturated carbocycles. The molecule has 4 rings (SSSR count). The summed E-state index contributed by atoms with van der Waals surface area (Å²) in [5.74, 6) is -1.24. The van der Waals surface area contributed by atoms with Gasteiger partial charge in [0.15, 0.2) is 0 Å². The van der Waals surface area contributed by atoms with Gasteiger partial charge in [-0.3, -0.25) is 9.59 Å². The lowest BCUT2D eigenvalue weighted by Gasteiger charge is -2.18. The van der Waals surface area contributed by atoms with Crippen LogP contribution in [0.25, 0.3) is 16.8 Å². The smallest absolute Gasteiger partial charge is 0.259 e. The van der Waals surface area contributed by atoms with E-state index in [0.29, 0.717) is 16.3 Å². The van der Waals surface area contributed by atoms with E-state index in [2.05, 4.69) is 10.4 Å². The second-order valence-corrected chi connectivity index (χ2v) is 7.27. The summed E-state index contributed by atoms with van der Waals surface area (Å²) < 4.78 is 15.7. The molecule has 1 N–H and O–H groups in total. The SMILES string of the molecule is Cc1nn(-c2cccc(Cl)c2)c(NC(=O)c2ccccc2F)c(-c2ccccc2)c1=O. The van der Waals surface area contributed by atoms with E-state index in [9.17, 15) is 14.0 Å². The lowest BCUT2D eigenvalue weighted by atomic mass is 10.0. The summed E-state index contributed by atoms with van der Waals surface area (Å²) in [4.78, 5) is 26.0. The largest absolute Gasteiger partial charge is 0.306 e. The molecule has 154 valence electrons. The molecule has 0 fully saturated rings. The maximum absolute atomic E-state index is 14.2. The number of nitrogens with zero attached hydrogens (tertiary/aromatic N) is 2. The van der Waals surface area contributed by atoms with Gasteiger partial charge in [0.25, 0.3) is 5.91 Å². The second-order valence-electron chi connectivity index (χ2n) is 6.83. The molecule has 1 heterocycles. The van der Waals surface area contributed by atoms with E-state index >= 15 is 0 Å². The fraction of sp³-hybridized carbons (Fsp3) is 0.0417. The molecule has 5 nitrogen and oxygen atoms in total. The van der Waals surface area contributed by atoms with E-state index in [1.807, 2.05) is 6.07 Å². The van der Waals surface area contributed by atoms with Gasteiger partial charge in [-0.15, -0.1) is 0 Å². The van der Waals surface area contributed by atoms with Crippen LogP contribution in [0.4, 0.5) is 10.2 Å². The van der Waals surface area contributed by atoms with Crippen LogP contribution in [0.5, 0.6) is 0 Å². The molecule has 31 heavy (non-hydrogen) atoms. The average molecular weight is 434 g/mol. The van der Waals surface area contributed by atoms with Crippen LogP contribution in [-0.2, 0) is 0 Å². The Hall–Kier alpha value is -3.77. The minimum absolute atomic E-state index is 0.123. The molecule has 1 amide bonds. The number of nitrogens with one attached hydrogen (secondary N) is 1. The van der Waals surface area contributed by atoms with Gasteiger partial charge in [0, 0.05) is 5.02 Å². The molecular formula is C24H17ClFN3O2. The number of rotatable bonds is 4. The molecule has 0 radical (unpaired) electrons. The fourth-order valence-electron chi connectivity index (χ4n) is 3.24. The molecule has 0 bridgehead atoms. The van der Waals surface area contributed by atoms with Gasteiger partial charge in [0.1, 0.15) is 17.3 Å². The van der Waals surface area contributed by atoms with Gasteiger partial charge < -0.3 is 5.32 Å². The third kappa shape index (κ3) is 4.11. The number of hydrogen-bond donors (Lipinski definition) is 1. The quantitative estimate of drug-likeness (QED) is 0.478. The molecule has 0 unspecified atom stereocenters. The molecule has 4 aromatic rings. The van der Waals surface area contributed by atoms with Crippen molar-refractivity contribution in [3.8, 4) is 16.8 Å². The molecule has 0 aliphatic carbocycles. The zero-order valence-corrected chi connectivity index (χ0v) is 17.2. The van der Waals surface area contributed by atoms with Gasteiger partial charge in [0.05, 0.1) is 16.8 Å². The molecule has 0 saturated heterocycles. The molecule has 0 aliphatic heterocycles. The Morgan fingerprint density at radius 2 is 1.71 bits per heavy atom. The number of aryl methyl sites for hydroxylation is 1. The summed E-state index contributed by atoms with van der Waals surface area (Å²) in [6, 6.07) is 21.4. The third-order valence-corrected chi connectivity index (χ3v) is 4.96. The minimum atomic E-state index is -0.698. The molecule has 1 aromatic heterocycles. The normalized spacial score (nSPS) is 10.7. The van der Waals surface area contributed by atoms with Crippen molar-refractivity contribution in [1.82, 2.24) is 9.78 Å². The summed E-state index contributed by atoms with van der Waals surface area (Å²) >= 11 is 6.16. The van der Waals surface area contributed by atoms with Crippen molar-refractivity contribution in [3.05, 3.63) is 111 Å². The number of halogens is 2. The van der Waals surface area contributed by atoms with E-state index in [0.717, 1.165) is 0 Å². The first kappa shape index (κ1) is 20.5. The van der Waals surface area contributed by atoms with E-state index in [1.165, 1.54) is 22.9 Å². The molecular weight excluding hydrogens is 417 g/mol. The van der Waals surface area contributed by atoms with Gasteiger partial charge in [0.2, 0.25) is 5.43 Å². The van der Waals surface area contributed by atoms with Crippen LogP contribution in [0.3, 0.4) is 0 Å². The van der Waals surface area contributed by atoms with Crippen LogP contribution in [0.2, 0.25) is 5.02 Å². The Labute approximate surface area is 182 Å². The van der Waals surface area contributed by atoms with E-state index in [4.69, 9.17) is 11.6 Å². The summed E-state index contributed by atoms with van der Waals surface area (Å²) in [7, 11) is 0.